The number of methoxy groups -OCH3 is 2. The summed E-state index contributed by atoms with van der Waals surface area (Å²) >= 11 is 1.74. The summed E-state index contributed by atoms with van der Waals surface area (Å²) in [5.74, 6) is -0.891. The van der Waals surface area contributed by atoms with E-state index in [9.17, 15) is 14.4 Å². The first-order valence-electron chi connectivity index (χ1n) is 13.7. The van der Waals surface area contributed by atoms with Crippen LogP contribution in [-0.2, 0) is 28.6 Å². The van der Waals surface area contributed by atoms with E-state index in [-0.39, 0.29) is 29.0 Å². The number of rotatable bonds is 9. The second-order valence-corrected chi connectivity index (χ2v) is 11.9. The molecule has 0 N–H and O–H groups in total. The van der Waals surface area contributed by atoms with Gasteiger partial charge in [-0.2, -0.15) is 0 Å². The Balaban J connectivity index is 1.68. The zero-order valence-corrected chi connectivity index (χ0v) is 24.7. The Morgan fingerprint density at radius 3 is 2.58 bits per heavy atom. The van der Waals surface area contributed by atoms with Gasteiger partial charge < -0.3 is 14.2 Å². The van der Waals surface area contributed by atoms with E-state index in [0.29, 0.717) is 24.8 Å². The highest BCUT2D eigenvalue weighted by atomic mass is 32.2. The highest BCUT2D eigenvalue weighted by Crippen LogP contribution is 2.51. The second kappa shape index (κ2) is 12.5. The van der Waals surface area contributed by atoms with E-state index in [2.05, 4.69) is 37.3 Å². The van der Waals surface area contributed by atoms with E-state index in [1.807, 2.05) is 37.3 Å². The fourth-order valence-electron chi connectivity index (χ4n) is 6.08. The molecule has 40 heavy (non-hydrogen) atoms. The molecule has 0 aromatic heterocycles. The fourth-order valence-corrected chi connectivity index (χ4v) is 6.97. The normalized spacial score (nSPS) is 28.6. The number of thioether (sulfide) groups is 1. The highest BCUT2D eigenvalue weighted by Gasteiger charge is 2.58. The molecule has 0 saturated carbocycles. The first-order valence-corrected chi connectivity index (χ1v) is 14.7. The van der Waals surface area contributed by atoms with Crippen LogP contribution < -0.4 is 0 Å². The maximum Gasteiger partial charge on any atom is 0.346 e. The number of allylic oxidation sites excluding steroid dienone is 4. The number of carbonyl (C=O) groups is 3. The summed E-state index contributed by atoms with van der Waals surface area (Å²) in [5.41, 5.74) is -0.540. The molecule has 4 rings (SSSR count). The largest absolute Gasteiger partial charge is 0.496 e. The maximum absolute atomic E-state index is 14.4. The van der Waals surface area contributed by atoms with Crippen LogP contribution in [0, 0.1) is 17.3 Å². The van der Waals surface area contributed by atoms with Crippen LogP contribution >= 0.6 is 11.8 Å². The molecule has 1 unspecified atom stereocenters. The van der Waals surface area contributed by atoms with Crippen molar-refractivity contribution in [1.82, 2.24) is 0 Å². The Morgan fingerprint density at radius 2 is 1.88 bits per heavy atom. The quantitative estimate of drug-likeness (QED) is 0.111. The first kappa shape index (κ1) is 29.7. The van der Waals surface area contributed by atoms with Gasteiger partial charge in [0, 0.05) is 39.9 Å². The predicted octanol–water partition coefficient (Wildman–Crippen LogP) is 6.55. The van der Waals surface area contributed by atoms with Crippen molar-refractivity contribution in [3.8, 4) is 0 Å². The van der Waals surface area contributed by atoms with Crippen LogP contribution in [0.4, 0.5) is 0 Å². The van der Waals surface area contributed by atoms with Crippen LogP contribution in [0.5, 0.6) is 0 Å². The van der Waals surface area contributed by atoms with Gasteiger partial charge in [-0.3, -0.25) is 4.79 Å². The van der Waals surface area contributed by atoms with Crippen molar-refractivity contribution >= 4 is 29.5 Å². The Morgan fingerprint density at radius 1 is 1.12 bits per heavy atom. The predicted molar refractivity (Wildman–Crippen MR) is 156 cm³/mol. The first-order chi connectivity index (χ1) is 19.2. The molecule has 2 aliphatic carbocycles. The van der Waals surface area contributed by atoms with Gasteiger partial charge in [-0.1, -0.05) is 67.2 Å². The Labute approximate surface area is 241 Å². The number of esters is 2. The number of Topliss-reactive ketones (excluding diaryl/α,β-unsaturated/α-hetero) is 1. The number of hydrogen-bond donors (Lipinski definition) is 0. The van der Waals surface area contributed by atoms with Crippen molar-refractivity contribution in [3.05, 3.63) is 89.3 Å². The molecule has 1 heterocycles. The number of carbonyl (C=O) groups excluding carboxylic acids is 3. The van der Waals surface area contributed by atoms with E-state index < -0.39 is 23.0 Å². The van der Waals surface area contributed by atoms with Gasteiger partial charge >= 0.3 is 11.9 Å². The summed E-state index contributed by atoms with van der Waals surface area (Å²) in [4.78, 5) is 41.3. The average Bonchev–Trinajstić information content (AvgIpc) is 3.24. The summed E-state index contributed by atoms with van der Waals surface area (Å²) < 4.78 is 16.8. The Hall–Kier alpha value is -3.32. The van der Waals surface area contributed by atoms with Crippen LogP contribution in [0.15, 0.2) is 94.2 Å². The van der Waals surface area contributed by atoms with Gasteiger partial charge in [0.1, 0.15) is 5.57 Å². The van der Waals surface area contributed by atoms with Crippen LogP contribution in [0.3, 0.4) is 0 Å². The van der Waals surface area contributed by atoms with Crippen LogP contribution in [0.2, 0.25) is 0 Å². The molecule has 0 radical (unpaired) electrons. The van der Waals surface area contributed by atoms with Gasteiger partial charge in [0.2, 0.25) is 0 Å². The molecule has 1 spiro atoms. The van der Waals surface area contributed by atoms with Crippen LogP contribution in [-0.4, -0.2) is 43.3 Å². The Bertz CT molecular complexity index is 1300. The van der Waals surface area contributed by atoms with E-state index in [4.69, 9.17) is 14.2 Å². The minimum Gasteiger partial charge on any atom is -0.496 e. The zero-order valence-electron chi connectivity index (χ0n) is 23.9. The molecule has 4 atom stereocenters. The van der Waals surface area contributed by atoms with Crippen molar-refractivity contribution < 1.29 is 28.6 Å². The molecule has 1 aromatic rings. The topological polar surface area (TPSA) is 78.9 Å². The van der Waals surface area contributed by atoms with Crippen molar-refractivity contribution in [1.29, 1.82) is 0 Å². The van der Waals surface area contributed by atoms with Gasteiger partial charge in [-0.15, -0.1) is 11.8 Å². The van der Waals surface area contributed by atoms with Gasteiger partial charge in [-0.05, 0) is 45.2 Å². The van der Waals surface area contributed by atoms with Gasteiger partial charge in [-0.25, -0.2) is 9.59 Å². The van der Waals surface area contributed by atoms with Crippen LogP contribution in [0.1, 0.15) is 46.5 Å². The third kappa shape index (κ3) is 5.62. The minimum absolute atomic E-state index is 0.0128. The third-order valence-electron chi connectivity index (χ3n) is 8.31. The molecule has 7 heteroatoms. The third-order valence-corrected chi connectivity index (χ3v) is 9.25. The number of hydrogen-bond acceptors (Lipinski definition) is 7. The lowest BCUT2D eigenvalue weighted by molar-refractivity contribution is -0.153. The van der Waals surface area contributed by atoms with Gasteiger partial charge in [0.15, 0.2) is 17.1 Å². The molecule has 1 aromatic carbocycles. The van der Waals surface area contributed by atoms with Crippen molar-refractivity contribution in [2.24, 2.45) is 17.3 Å². The summed E-state index contributed by atoms with van der Waals surface area (Å²) in [6.45, 7) is 5.67. The molecule has 6 nitrogen and oxygen atoms in total. The lowest BCUT2D eigenvalue weighted by Crippen LogP contribution is -2.42. The summed E-state index contributed by atoms with van der Waals surface area (Å²) in [6, 6.07) is 10.2. The minimum atomic E-state index is -1.19. The Kier molecular flexibility index (Phi) is 9.24. The van der Waals surface area contributed by atoms with E-state index in [1.165, 1.54) is 19.1 Å². The number of ether oxygens (including phenoxy) is 3. The summed E-state index contributed by atoms with van der Waals surface area (Å²) in [6.07, 6.45) is 14.3. The molecule has 1 aliphatic heterocycles. The monoisotopic (exact) mass is 562 g/mol. The standard InChI is InChI=1S/C33H38O6S/c1-22(17-20-40-25-14-7-6-8-15-25)26-16-10-11-18-32(26,3)28(34)27-29(37-4)33(39-31(27)36)19-12-9-13-24(33)21-23(2)30(35)38-5/h6-10,12,14-17,21,24,26H,11,13,18-20H2,1-5H3/b22-17+,23-21+/t24-,26-,32-,33?/m0/s1. The van der Waals surface area contributed by atoms with E-state index in [1.54, 1.807) is 24.8 Å². The smallest absolute Gasteiger partial charge is 0.346 e. The molecule has 0 fully saturated rings. The zero-order chi connectivity index (χ0) is 28.9. The van der Waals surface area contributed by atoms with Crippen molar-refractivity contribution in [2.75, 3.05) is 20.0 Å². The van der Waals surface area contributed by atoms with E-state index >= 15 is 0 Å². The van der Waals surface area contributed by atoms with E-state index in [0.717, 1.165) is 17.7 Å². The molecule has 3 aliphatic rings. The van der Waals surface area contributed by atoms with Crippen LogP contribution in [0.25, 0.3) is 0 Å². The summed E-state index contributed by atoms with van der Waals surface area (Å²) in [5, 5.41) is 0. The molecular weight excluding hydrogens is 524 g/mol. The fraction of sp³-hybridized carbons (Fsp3) is 0.424. The number of ketones is 1. The van der Waals surface area contributed by atoms with Crippen molar-refractivity contribution in [3.63, 3.8) is 0 Å². The molecule has 0 saturated heterocycles. The number of benzene rings is 1. The maximum atomic E-state index is 14.4. The van der Waals surface area contributed by atoms with Crippen molar-refractivity contribution in [2.45, 2.75) is 57.0 Å². The lowest BCUT2D eigenvalue weighted by atomic mass is 9.63. The molecular formula is C33H38O6S. The SMILES string of the molecule is COC(=O)/C(C)=C/[C@@H]1CC=CCC12OC(=O)C(C(=O)[C@@]1(C)CCC=C[C@H]1/C(C)=C/CSc1ccccc1)=C2OC. The summed E-state index contributed by atoms with van der Waals surface area (Å²) in [7, 11) is 2.81. The van der Waals surface area contributed by atoms with Gasteiger partial charge in [0.05, 0.1) is 14.2 Å². The average molecular weight is 563 g/mol. The molecule has 0 bridgehead atoms. The second-order valence-electron chi connectivity index (χ2n) is 10.8. The lowest BCUT2D eigenvalue weighted by Gasteiger charge is -2.38. The van der Waals surface area contributed by atoms with Gasteiger partial charge in [0.25, 0.3) is 0 Å². The molecule has 0 amide bonds. The molecule has 212 valence electrons. The highest BCUT2D eigenvalue weighted by molar-refractivity contribution is 7.99.